The average Bonchev–Trinajstić information content (AvgIpc) is 2.38. The highest BCUT2D eigenvalue weighted by molar-refractivity contribution is 7.99. The van der Waals surface area contributed by atoms with Crippen molar-refractivity contribution < 1.29 is 9.90 Å². The van der Waals surface area contributed by atoms with Gasteiger partial charge in [0.1, 0.15) is 11.6 Å². The summed E-state index contributed by atoms with van der Waals surface area (Å²) in [6.45, 7) is 2.64. The van der Waals surface area contributed by atoms with E-state index in [0.29, 0.717) is 18.1 Å². The molecule has 0 saturated carbocycles. The molecule has 0 spiro atoms. The second kappa shape index (κ2) is 6.10. The molecule has 104 valence electrons. The van der Waals surface area contributed by atoms with E-state index >= 15 is 0 Å². The van der Waals surface area contributed by atoms with Gasteiger partial charge in [-0.15, -0.1) is 0 Å². The van der Waals surface area contributed by atoms with Gasteiger partial charge in [-0.1, -0.05) is 6.92 Å². The Morgan fingerprint density at radius 1 is 1.68 bits per heavy atom. The Bertz CT molecular complexity index is 517. The molecular weight excluding hydrogens is 266 g/mol. The molecule has 6 nitrogen and oxygen atoms in total. The highest BCUT2D eigenvalue weighted by atomic mass is 32.2. The van der Waals surface area contributed by atoms with E-state index in [9.17, 15) is 9.59 Å². The van der Waals surface area contributed by atoms with Crippen LogP contribution >= 0.6 is 11.8 Å². The first-order chi connectivity index (χ1) is 9.10. The maximum atomic E-state index is 11.6. The van der Waals surface area contributed by atoms with Crippen LogP contribution in [0, 0.1) is 0 Å². The van der Waals surface area contributed by atoms with E-state index in [1.54, 1.807) is 11.8 Å². The molecule has 0 radical (unpaired) electrons. The van der Waals surface area contributed by atoms with Crippen LogP contribution < -0.4 is 10.5 Å². The zero-order valence-corrected chi connectivity index (χ0v) is 11.6. The van der Waals surface area contributed by atoms with Crippen molar-refractivity contribution in [2.45, 2.75) is 25.8 Å². The van der Waals surface area contributed by atoms with Gasteiger partial charge in [0.2, 0.25) is 0 Å². The van der Waals surface area contributed by atoms with E-state index in [4.69, 9.17) is 5.11 Å². The molecular formula is C12H17N3O3S. The van der Waals surface area contributed by atoms with Gasteiger partial charge >= 0.3 is 5.97 Å². The number of nitrogens with zero attached hydrogens (tertiary/aromatic N) is 2. The Kier molecular flexibility index (Phi) is 4.47. The third-order valence-corrected chi connectivity index (χ3v) is 4.14. The van der Waals surface area contributed by atoms with Crippen LogP contribution in [0.5, 0.6) is 0 Å². The van der Waals surface area contributed by atoms with Gasteiger partial charge in [0.15, 0.2) is 0 Å². The van der Waals surface area contributed by atoms with E-state index < -0.39 is 5.97 Å². The number of anilines is 1. The van der Waals surface area contributed by atoms with Crippen LogP contribution in [0.15, 0.2) is 10.9 Å². The largest absolute Gasteiger partial charge is 0.481 e. The number of carboxylic acid groups (broad SMARTS) is 1. The van der Waals surface area contributed by atoms with Crippen LogP contribution in [0.2, 0.25) is 0 Å². The van der Waals surface area contributed by atoms with Crippen LogP contribution in [0.4, 0.5) is 5.82 Å². The quantitative estimate of drug-likeness (QED) is 0.847. The molecule has 1 fully saturated rings. The van der Waals surface area contributed by atoms with Gasteiger partial charge in [-0.3, -0.25) is 9.59 Å². The topological polar surface area (TPSA) is 86.3 Å². The minimum absolute atomic E-state index is 0.0724. The van der Waals surface area contributed by atoms with E-state index in [0.717, 1.165) is 18.1 Å². The van der Waals surface area contributed by atoms with Crippen molar-refractivity contribution in [3.8, 4) is 0 Å². The molecule has 1 aromatic rings. The van der Waals surface area contributed by atoms with Crippen LogP contribution in [-0.4, -0.2) is 45.1 Å². The smallest absolute Gasteiger partial charge is 0.305 e. The number of rotatable bonds is 4. The van der Waals surface area contributed by atoms with Crippen molar-refractivity contribution in [1.29, 1.82) is 0 Å². The van der Waals surface area contributed by atoms with Crippen LogP contribution in [0.3, 0.4) is 0 Å². The molecule has 1 saturated heterocycles. The molecule has 1 unspecified atom stereocenters. The second-order valence-corrected chi connectivity index (χ2v) is 5.57. The highest BCUT2D eigenvalue weighted by Crippen LogP contribution is 2.23. The first-order valence-electron chi connectivity index (χ1n) is 6.26. The number of aromatic amines is 1. The fourth-order valence-electron chi connectivity index (χ4n) is 2.14. The molecule has 2 heterocycles. The predicted molar refractivity (Wildman–Crippen MR) is 74.9 cm³/mol. The summed E-state index contributed by atoms with van der Waals surface area (Å²) >= 11 is 1.74. The Hall–Kier alpha value is -1.50. The summed E-state index contributed by atoms with van der Waals surface area (Å²) in [5.41, 5.74) is -0.186. The summed E-state index contributed by atoms with van der Waals surface area (Å²) in [4.78, 5) is 31.5. The lowest BCUT2D eigenvalue weighted by Crippen LogP contribution is -2.44. The van der Waals surface area contributed by atoms with E-state index in [1.165, 1.54) is 6.07 Å². The lowest BCUT2D eigenvalue weighted by Gasteiger charge is -2.35. The Morgan fingerprint density at radius 3 is 3.16 bits per heavy atom. The molecule has 7 heteroatoms. The maximum absolute atomic E-state index is 11.6. The number of aromatic nitrogens is 2. The van der Waals surface area contributed by atoms with E-state index in [2.05, 4.69) is 9.97 Å². The molecule has 2 rings (SSSR count). The molecule has 2 N–H and O–H groups in total. The standard InChI is InChI=1S/C12H17N3O3S/c1-2-9-13-10(6-11(16)14-9)15-3-4-19-7-8(15)5-12(17)18/h6,8H,2-5,7H2,1H3,(H,17,18)(H,13,14,16). The Labute approximate surface area is 115 Å². The van der Waals surface area contributed by atoms with E-state index in [-0.39, 0.29) is 18.0 Å². The van der Waals surface area contributed by atoms with Gasteiger partial charge in [-0.25, -0.2) is 4.98 Å². The second-order valence-electron chi connectivity index (χ2n) is 4.42. The van der Waals surface area contributed by atoms with Crippen LogP contribution in [-0.2, 0) is 11.2 Å². The van der Waals surface area contributed by atoms with Crippen molar-refractivity contribution in [3.05, 3.63) is 22.2 Å². The number of hydrogen-bond donors (Lipinski definition) is 2. The average molecular weight is 283 g/mol. The molecule has 0 aromatic carbocycles. The fourth-order valence-corrected chi connectivity index (χ4v) is 3.20. The molecule has 0 amide bonds. The molecule has 1 atom stereocenters. The predicted octanol–water partition coefficient (Wildman–Crippen LogP) is 0.729. The number of thioether (sulfide) groups is 1. The highest BCUT2D eigenvalue weighted by Gasteiger charge is 2.26. The van der Waals surface area contributed by atoms with Crippen LogP contribution in [0.1, 0.15) is 19.2 Å². The fraction of sp³-hybridized carbons (Fsp3) is 0.583. The number of H-pyrrole nitrogens is 1. The van der Waals surface area contributed by atoms with Gasteiger partial charge in [-0.2, -0.15) is 11.8 Å². The van der Waals surface area contributed by atoms with Gasteiger partial charge in [0.05, 0.1) is 6.42 Å². The lowest BCUT2D eigenvalue weighted by molar-refractivity contribution is -0.137. The summed E-state index contributed by atoms with van der Waals surface area (Å²) in [7, 11) is 0. The minimum Gasteiger partial charge on any atom is -0.481 e. The summed E-state index contributed by atoms with van der Waals surface area (Å²) in [6, 6.07) is 1.35. The number of aryl methyl sites for hydroxylation is 1. The van der Waals surface area contributed by atoms with Gasteiger partial charge in [0.25, 0.3) is 5.56 Å². The first-order valence-corrected chi connectivity index (χ1v) is 7.42. The number of aliphatic carboxylic acids is 1. The van der Waals surface area contributed by atoms with Gasteiger partial charge in [0, 0.05) is 36.6 Å². The molecule has 1 aromatic heterocycles. The molecule has 1 aliphatic heterocycles. The summed E-state index contributed by atoms with van der Waals surface area (Å²) in [6.07, 6.45) is 0.720. The lowest BCUT2D eigenvalue weighted by atomic mass is 10.2. The summed E-state index contributed by atoms with van der Waals surface area (Å²) in [5.74, 6) is 2.08. The molecule has 0 aliphatic carbocycles. The Balaban J connectivity index is 2.28. The normalized spacial score (nSPS) is 19.4. The summed E-state index contributed by atoms with van der Waals surface area (Å²) in [5, 5.41) is 8.96. The van der Waals surface area contributed by atoms with Gasteiger partial charge < -0.3 is 15.0 Å². The maximum Gasteiger partial charge on any atom is 0.305 e. The molecule has 0 bridgehead atoms. The van der Waals surface area contributed by atoms with Crippen molar-refractivity contribution in [3.63, 3.8) is 0 Å². The Morgan fingerprint density at radius 2 is 2.47 bits per heavy atom. The number of carbonyl (C=O) groups is 1. The third kappa shape index (κ3) is 3.50. The zero-order valence-electron chi connectivity index (χ0n) is 10.8. The number of nitrogens with one attached hydrogen (secondary N) is 1. The van der Waals surface area contributed by atoms with Crippen LogP contribution in [0.25, 0.3) is 0 Å². The van der Waals surface area contributed by atoms with Gasteiger partial charge in [-0.05, 0) is 0 Å². The summed E-state index contributed by atoms with van der Waals surface area (Å²) < 4.78 is 0. The third-order valence-electron chi connectivity index (χ3n) is 3.04. The minimum atomic E-state index is -0.821. The zero-order chi connectivity index (χ0) is 13.8. The molecule has 1 aliphatic rings. The van der Waals surface area contributed by atoms with Crippen molar-refractivity contribution >= 4 is 23.5 Å². The first kappa shape index (κ1) is 13.9. The SMILES string of the molecule is CCc1nc(N2CCSCC2CC(=O)O)cc(=O)[nH]1. The van der Waals surface area contributed by atoms with E-state index in [1.807, 2.05) is 11.8 Å². The van der Waals surface area contributed by atoms with Crippen molar-refractivity contribution in [1.82, 2.24) is 9.97 Å². The number of carboxylic acids is 1. The van der Waals surface area contributed by atoms with Crippen molar-refractivity contribution in [2.75, 3.05) is 23.0 Å². The molecule has 19 heavy (non-hydrogen) atoms. The number of hydrogen-bond acceptors (Lipinski definition) is 5. The van der Waals surface area contributed by atoms with Crippen molar-refractivity contribution in [2.24, 2.45) is 0 Å². The monoisotopic (exact) mass is 283 g/mol.